The van der Waals surface area contributed by atoms with E-state index in [-0.39, 0.29) is 10.8 Å². The van der Waals surface area contributed by atoms with E-state index in [2.05, 4.69) is 102 Å². The number of nitrogens with zero attached hydrogens (tertiary/aromatic N) is 4. The topological polar surface area (TPSA) is 35.2 Å². The Morgan fingerprint density at radius 3 is 2.33 bits per heavy atom. The van der Waals surface area contributed by atoms with Gasteiger partial charge in [-0.3, -0.25) is 0 Å². The first-order chi connectivity index (χ1) is 21.1. The third-order valence-corrected chi connectivity index (χ3v) is 9.04. The number of aryl methyl sites for hydroxylation is 2. The number of imidazole rings is 1. The van der Waals surface area contributed by atoms with Gasteiger partial charge in [0.25, 0.3) is 0 Å². The summed E-state index contributed by atoms with van der Waals surface area (Å²) in [6.07, 6.45) is 3.98. The van der Waals surface area contributed by atoms with Crippen LogP contribution in [0.1, 0.15) is 68.8 Å². The molecule has 6 heteroatoms. The number of para-hydroxylation sites is 2. The number of benzene rings is 3. The Kier molecular flexibility index (Phi) is 6.39. The molecule has 0 saturated carbocycles. The van der Waals surface area contributed by atoms with Crippen molar-refractivity contribution < 1.29 is 28.2 Å². The second-order valence-corrected chi connectivity index (χ2v) is 14.2. The standard InChI is InChI=1S/C36H40N4O.Pt/c1-35(2,3)26-16-17-37-34(21-26)39-18-10-11-25-14-15-29(23-33(25)39)41-30-20-27(36(4,5)6)19-28(22-30)40-24-38(7)31-12-8-9-13-32(31)40;/h8-9,12-17,19-23H,10-11,18H2,1-7H3;/i7D3;. The zero-order chi connectivity index (χ0) is 32.3. The van der Waals surface area contributed by atoms with Crippen LogP contribution in [0.4, 0.5) is 11.5 Å². The van der Waals surface area contributed by atoms with Gasteiger partial charge >= 0.3 is 221 Å². The summed E-state index contributed by atoms with van der Waals surface area (Å²) >= 11 is 2.12. The summed E-state index contributed by atoms with van der Waals surface area (Å²) in [5, 5.41) is 0. The molecule has 5 nitrogen and oxygen atoms in total. The van der Waals surface area contributed by atoms with Crippen molar-refractivity contribution in [3.05, 3.63) is 99.5 Å². The number of hydrogen-bond acceptors (Lipinski definition) is 3. The molecule has 1 aliphatic rings. The molecule has 220 valence electrons. The number of ether oxygens (including phenoxy) is 1. The van der Waals surface area contributed by atoms with Crippen LogP contribution in [0.5, 0.6) is 11.5 Å². The van der Waals surface area contributed by atoms with Crippen LogP contribution in [0.2, 0.25) is 0 Å². The van der Waals surface area contributed by atoms with Gasteiger partial charge in [-0.05, 0) is 17.0 Å². The van der Waals surface area contributed by atoms with Gasteiger partial charge in [-0.25, -0.2) is 0 Å². The minimum atomic E-state index is -2.32. The van der Waals surface area contributed by atoms with E-state index in [0.29, 0.717) is 15.1 Å². The quantitative estimate of drug-likeness (QED) is 0.185. The van der Waals surface area contributed by atoms with Crippen molar-refractivity contribution in [2.24, 2.45) is 6.98 Å². The van der Waals surface area contributed by atoms with Gasteiger partial charge in [-0.2, -0.15) is 0 Å². The monoisotopic (exact) mass is 742 g/mol. The van der Waals surface area contributed by atoms with E-state index >= 15 is 0 Å². The first kappa shape index (κ1) is 25.1. The predicted octanol–water partition coefficient (Wildman–Crippen LogP) is 8.91. The van der Waals surface area contributed by atoms with Crippen molar-refractivity contribution in [3.63, 3.8) is 0 Å². The first-order valence-electron chi connectivity index (χ1n) is 16.0. The number of aromatic nitrogens is 3. The molecule has 0 bridgehead atoms. The van der Waals surface area contributed by atoms with Crippen LogP contribution >= 0.6 is 0 Å². The average Bonchev–Trinajstić information content (AvgIpc) is 3.28. The minimum absolute atomic E-state index is 0.0305. The molecule has 3 heterocycles. The van der Waals surface area contributed by atoms with E-state index in [1.54, 1.807) is 0 Å². The Balaban J connectivity index is 1.44. The molecule has 2 aromatic heterocycles. The van der Waals surface area contributed by atoms with E-state index < -0.39 is 6.98 Å². The second-order valence-electron chi connectivity index (χ2n) is 13.2. The summed E-state index contributed by atoms with van der Waals surface area (Å²) in [5.41, 5.74) is 6.94. The van der Waals surface area contributed by atoms with E-state index in [1.807, 2.05) is 47.2 Å². The Morgan fingerprint density at radius 1 is 0.833 bits per heavy atom. The van der Waals surface area contributed by atoms with Crippen LogP contribution in [0, 0.1) is 3.80 Å². The van der Waals surface area contributed by atoms with Crippen molar-refractivity contribution in [3.8, 4) is 17.2 Å². The molecule has 6 rings (SSSR count). The van der Waals surface area contributed by atoms with Crippen LogP contribution in [0.15, 0.2) is 79.0 Å². The number of pyridine rings is 1. The number of rotatable bonds is 4. The second kappa shape index (κ2) is 10.7. The van der Waals surface area contributed by atoms with Crippen molar-refractivity contribution in [1.29, 1.82) is 0 Å². The summed E-state index contributed by atoms with van der Waals surface area (Å²) in [6.45, 7) is 11.8. The zero-order valence-electron chi connectivity index (χ0n) is 28.1. The average molecular weight is 743 g/mol. The molecule has 0 N–H and O–H groups in total. The van der Waals surface area contributed by atoms with Gasteiger partial charge in [0.15, 0.2) is 0 Å². The molecule has 0 saturated heterocycles. The molecule has 3 aromatic carbocycles. The molecule has 0 unspecified atom stereocenters. The molecule has 0 fully saturated rings. The van der Waals surface area contributed by atoms with Crippen LogP contribution in [-0.2, 0) is 43.6 Å². The van der Waals surface area contributed by atoms with Crippen molar-refractivity contribution in [2.75, 3.05) is 11.4 Å². The Labute approximate surface area is 264 Å². The summed E-state index contributed by atoms with van der Waals surface area (Å²) in [4.78, 5) is 7.07. The molecule has 0 radical (unpaired) electrons. The molecule has 0 spiro atoms. The SMILES string of the molecule is [2H]C([2H])([2H])n1[c](=[Pt])n(-c2cc(Oc3ccc4c(c3)N(c3cc(C(C)(C)C)ccn3)CCC4)cc(C(C)(C)C)c2)c2ccccc21. The van der Waals surface area contributed by atoms with E-state index in [9.17, 15) is 0 Å². The number of anilines is 2. The fourth-order valence-corrected chi connectivity index (χ4v) is 6.43. The van der Waals surface area contributed by atoms with Gasteiger partial charge in [0.1, 0.15) is 0 Å². The van der Waals surface area contributed by atoms with Gasteiger partial charge in [0.2, 0.25) is 0 Å². The van der Waals surface area contributed by atoms with E-state index in [4.69, 9.17) is 13.8 Å². The van der Waals surface area contributed by atoms with Crippen molar-refractivity contribution in [1.82, 2.24) is 14.1 Å². The molecule has 0 atom stereocenters. The Hall–Kier alpha value is -3.43. The molecular formula is C36H40N4OPt. The Bertz CT molecular complexity index is 1960. The number of hydrogen-bond donors (Lipinski definition) is 0. The van der Waals surface area contributed by atoms with E-state index in [1.165, 1.54) is 15.7 Å². The van der Waals surface area contributed by atoms with Crippen LogP contribution in [0.3, 0.4) is 0 Å². The molecule has 1 aliphatic heterocycles. The first-order valence-corrected chi connectivity index (χ1v) is 15.6. The molecular weight excluding hydrogens is 700 g/mol. The van der Waals surface area contributed by atoms with Crippen LogP contribution in [-0.4, -0.2) is 20.7 Å². The summed E-state index contributed by atoms with van der Waals surface area (Å²) in [6, 6.07) is 24.5. The normalized spacial score (nSPS) is 15.2. The predicted molar refractivity (Wildman–Crippen MR) is 169 cm³/mol. The fourth-order valence-electron chi connectivity index (χ4n) is 5.59. The van der Waals surface area contributed by atoms with Crippen LogP contribution < -0.4 is 9.64 Å². The fraction of sp³-hybridized carbons (Fsp3) is 0.333. The van der Waals surface area contributed by atoms with Gasteiger partial charge in [-0.15, -0.1) is 0 Å². The third-order valence-electron chi connectivity index (χ3n) is 8.02. The van der Waals surface area contributed by atoms with E-state index in [0.717, 1.165) is 53.4 Å². The zero-order valence-corrected chi connectivity index (χ0v) is 27.4. The molecule has 0 aliphatic carbocycles. The van der Waals surface area contributed by atoms with Crippen molar-refractivity contribution >= 4 is 22.5 Å². The number of fused-ring (bicyclic) bond motifs is 2. The van der Waals surface area contributed by atoms with Gasteiger partial charge in [-0.1, -0.05) is 20.8 Å². The Morgan fingerprint density at radius 2 is 1.60 bits per heavy atom. The molecule has 0 amide bonds. The third kappa shape index (κ3) is 5.40. The van der Waals surface area contributed by atoms with Crippen molar-refractivity contribution in [2.45, 2.75) is 65.2 Å². The maximum absolute atomic E-state index is 8.25. The van der Waals surface area contributed by atoms with Gasteiger partial charge in [0.05, 0.1) is 0 Å². The molecule has 5 aromatic rings. The van der Waals surface area contributed by atoms with Crippen LogP contribution in [0.25, 0.3) is 16.7 Å². The summed E-state index contributed by atoms with van der Waals surface area (Å²) in [5.74, 6) is 2.39. The summed E-state index contributed by atoms with van der Waals surface area (Å²) < 4.78 is 35.4. The van der Waals surface area contributed by atoms with Gasteiger partial charge in [0, 0.05) is 6.20 Å². The molecule has 42 heavy (non-hydrogen) atoms. The maximum atomic E-state index is 8.25. The van der Waals surface area contributed by atoms with Gasteiger partial charge < -0.3 is 0 Å². The summed E-state index contributed by atoms with van der Waals surface area (Å²) in [7, 11) is 0.